The number of hydrogen-bond acceptors (Lipinski definition) is 2. The number of hydrogen-bond donors (Lipinski definition) is 0. The third-order valence-corrected chi connectivity index (χ3v) is 5.82. The van der Waals surface area contributed by atoms with Gasteiger partial charge in [-0.15, -0.1) is 0 Å². The predicted octanol–water partition coefficient (Wildman–Crippen LogP) is 3.98. The van der Waals surface area contributed by atoms with Crippen molar-refractivity contribution in [2.75, 3.05) is 18.0 Å². The zero-order chi connectivity index (χ0) is 19.1. The van der Waals surface area contributed by atoms with Crippen molar-refractivity contribution < 1.29 is 14.0 Å². The summed E-state index contributed by atoms with van der Waals surface area (Å²) in [7, 11) is 0. The summed E-state index contributed by atoms with van der Waals surface area (Å²) in [6.07, 6.45) is 1.16. The van der Waals surface area contributed by atoms with Gasteiger partial charge in [0.15, 0.2) is 0 Å². The number of fused-ring (bicyclic) bond motifs is 1. The molecule has 2 aliphatic heterocycles. The van der Waals surface area contributed by atoms with Gasteiger partial charge >= 0.3 is 0 Å². The van der Waals surface area contributed by atoms with E-state index in [1.54, 1.807) is 40.1 Å². The molecule has 0 spiro atoms. The molecule has 1 saturated heterocycles. The third kappa shape index (κ3) is 3.21. The zero-order valence-corrected chi connectivity index (χ0v) is 15.7. The van der Waals surface area contributed by atoms with E-state index in [9.17, 15) is 14.0 Å². The van der Waals surface area contributed by atoms with E-state index < -0.39 is 5.92 Å². The minimum absolute atomic E-state index is 0.168. The highest BCUT2D eigenvalue weighted by molar-refractivity contribution is 6.30. The molecule has 2 unspecified atom stereocenters. The summed E-state index contributed by atoms with van der Waals surface area (Å²) < 4.78 is 13.7. The second-order valence-corrected chi connectivity index (χ2v) is 7.54. The molecule has 0 bridgehead atoms. The fraction of sp³-hybridized carbons (Fsp3) is 0.333. The molecule has 2 aromatic rings. The van der Waals surface area contributed by atoms with Gasteiger partial charge in [0, 0.05) is 23.8 Å². The maximum absolute atomic E-state index is 13.7. The lowest BCUT2D eigenvalue weighted by Crippen LogP contribution is -2.44. The Labute approximate surface area is 162 Å². The molecule has 0 radical (unpaired) electrons. The number of benzene rings is 2. The molecule has 0 N–H and O–H groups in total. The van der Waals surface area contributed by atoms with E-state index in [1.807, 2.05) is 6.92 Å². The van der Waals surface area contributed by atoms with Crippen LogP contribution in [0.25, 0.3) is 0 Å². The van der Waals surface area contributed by atoms with Crippen LogP contribution in [-0.4, -0.2) is 29.8 Å². The highest BCUT2D eigenvalue weighted by atomic mass is 35.5. The Morgan fingerprint density at radius 2 is 1.89 bits per heavy atom. The van der Waals surface area contributed by atoms with Crippen LogP contribution in [0.5, 0.6) is 0 Å². The normalized spacial score (nSPS) is 22.1. The Balaban J connectivity index is 1.53. The first-order chi connectivity index (χ1) is 13.0. The second kappa shape index (κ2) is 6.97. The average Bonchev–Trinajstić information content (AvgIpc) is 3.04. The molecule has 4 nitrogen and oxygen atoms in total. The SMILES string of the molecule is CC1c2cc(F)ccc2CCN1C(=O)C1CCN(c2ccc(Cl)cc2)C1=O. The van der Waals surface area contributed by atoms with E-state index in [1.165, 1.54) is 12.1 Å². The molecule has 1 fully saturated rings. The number of carbonyl (C=O) groups excluding carboxylic acids is 2. The summed E-state index contributed by atoms with van der Waals surface area (Å²) in [4.78, 5) is 29.3. The highest BCUT2D eigenvalue weighted by Gasteiger charge is 2.41. The fourth-order valence-corrected chi connectivity index (χ4v) is 4.20. The molecule has 2 aromatic carbocycles. The predicted molar refractivity (Wildman–Crippen MR) is 102 cm³/mol. The monoisotopic (exact) mass is 386 g/mol. The molecular formula is C21H20ClFN2O2. The van der Waals surface area contributed by atoms with Gasteiger partial charge in [0.2, 0.25) is 11.8 Å². The molecule has 0 aromatic heterocycles. The van der Waals surface area contributed by atoms with Gasteiger partial charge in [-0.3, -0.25) is 9.59 Å². The number of anilines is 1. The summed E-state index contributed by atoms with van der Waals surface area (Å²) in [6.45, 7) is 2.94. The second-order valence-electron chi connectivity index (χ2n) is 7.11. The zero-order valence-electron chi connectivity index (χ0n) is 15.0. The van der Waals surface area contributed by atoms with Crippen molar-refractivity contribution >= 4 is 29.1 Å². The minimum Gasteiger partial charge on any atom is -0.335 e. The van der Waals surface area contributed by atoms with Crippen LogP contribution in [0.15, 0.2) is 42.5 Å². The fourth-order valence-electron chi connectivity index (χ4n) is 4.07. The first kappa shape index (κ1) is 18.0. The topological polar surface area (TPSA) is 40.6 Å². The average molecular weight is 387 g/mol. The molecule has 4 rings (SSSR count). The molecule has 6 heteroatoms. The van der Waals surface area contributed by atoms with Crippen LogP contribution in [0.2, 0.25) is 5.02 Å². The van der Waals surface area contributed by atoms with Gasteiger partial charge in [-0.2, -0.15) is 0 Å². The first-order valence-electron chi connectivity index (χ1n) is 9.11. The van der Waals surface area contributed by atoms with Crippen LogP contribution in [0.1, 0.15) is 30.5 Å². The first-order valence-corrected chi connectivity index (χ1v) is 9.49. The van der Waals surface area contributed by atoms with Gasteiger partial charge in [0.25, 0.3) is 0 Å². The van der Waals surface area contributed by atoms with Gasteiger partial charge in [-0.25, -0.2) is 4.39 Å². The molecule has 0 saturated carbocycles. The van der Waals surface area contributed by atoms with Gasteiger partial charge < -0.3 is 9.80 Å². The summed E-state index contributed by atoms with van der Waals surface area (Å²) in [6, 6.07) is 11.5. The largest absolute Gasteiger partial charge is 0.335 e. The molecule has 0 aliphatic carbocycles. The molecular weight excluding hydrogens is 367 g/mol. The van der Waals surface area contributed by atoms with E-state index in [0.717, 1.165) is 16.8 Å². The van der Waals surface area contributed by atoms with Crippen LogP contribution < -0.4 is 4.90 Å². The Morgan fingerprint density at radius 3 is 2.63 bits per heavy atom. The molecule has 2 heterocycles. The maximum atomic E-state index is 13.7. The van der Waals surface area contributed by atoms with Crippen LogP contribution in [0.4, 0.5) is 10.1 Å². The van der Waals surface area contributed by atoms with Gasteiger partial charge in [-0.1, -0.05) is 17.7 Å². The maximum Gasteiger partial charge on any atom is 0.239 e. The quantitative estimate of drug-likeness (QED) is 0.732. The van der Waals surface area contributed by atoms with E-state index >= 15 is 0 Å². The standard InChI is InChI=1S/C21H20ClFN2O2/c1-13-19-12-16(23)5-2-14(19)8-10-24(13)20(26)18-9-11-25(21(18)27)17-6-3-15(22)4-7-17/h2-7,12-13,18H,8-11H2,1H3. The van der Waals surface area contributed by atoms with Crippen molar-refractivity contribution in [2.45, 2.75) is 25.8 Å². The Bertz CT molecular complexity index is 900. The van der Waals surface area contributed by atoms with Crippen LogP contribution in [0, 0.1) is 11.7 Å². The Hall–Kier alpha value is -2.40. The summed E-state index contributed by atoms with van der Waals surface area (Å²) in [5.74, 6) is -1.34. The van der Waals surface area contributed by atoms with Crippen molar-refractivity contribution in [1.29, 1.82) is 0 Å². The summed E-state index contributed by atoms with van der Waals surface area (Å²) in [5.41, 5.74) is 2.64. The lowest BCUT2D eigenvalue weighted by Gasteiger charge is -2.36. The van der Waals surface area contributed by atoms with Crippen LogP contribution in [-0.2, 0) is 16.0 Å². The lowest BCUT2D eigenvalue weighted by atomic mass is 9.92. The highest BCUT2D eigenvalue weighted by Crippen LogP contribution is 2.34. The number of rotatable bonds is 2. The number of nitrogens with zero attached hydrogens (tertiary/aromatic N) is 2. The summed E-state index contributed by atoms with van der Waals surface area (Å²) >= 11 is 5.91. The van der Waals surface area contributed by atoms with Crippen molar-refractivity contribution in [3.05, 3.63) is 64.4 Å². The Kier molecular flexibility index (Phi) is 4.64. The molecule has 140 valence electrons. The van der Waals surface area contributed by atoms with Crippen molar-refractivity contribution in [3.8, 4) is 0 Å². The van der Waals surface area contributed by atoms with Crippen LogP contribution in [0.3, 0.4) is 0 Å². The number of carbonyl (C=O) groups is 2. The van der Waals surface area contributed by atoms with E-state index in [2.05, 4.69) is 0 Å². The minimum atomic E-state index is -0.682. The summed E-state index contributed by atoms with van der Waals surface area (Å²) in [5, 5.41) is 0.603. The van der Waals surface area contributed by atoms with Gasteiger partial charge in [0.1, 0.15) is 11.7 Å². The lowest BCUT2D eigenvalue weighted by molar-refractivity contribution is -0.142. The number of halogens is 2. The van der Waals surface area contributed by atoms with Crippen LogP contribution >= 0.6 is 11.6 Å². The van der Waals surface area contributed by atoms with E-state index in [4.69, 9.17) is 11.6 Å². The Morgan fingerprint density at radius 1 is 1.15 bits per heavy atom. The molecule has 2 amide bonds. The molecule has 2 aliphatic rings. The van der Waals surface area contributed by atoms with Crippen molar-refractivity contribution in [2.24, 2.45) is 5.92 Å². The van der Waals surface area contributed by atoms with Crippen molar-refractivity contribution in [3.63, 3.8) is 0 Å². The van der Waals surface area contributed by atoms with Crippen molar-refractivity contribution in [1.82, 2.24) is 4.90 Å². The third-order valence-electron chi connectivity index (χ3n) is 5.57. The molecule has 2 atom stereocenters. The smallest absolute Gasteiger partial charge is 0.239 e. The van der Waals surface area contributed by atoms with Gasteiger partial charge in [-0.05, 0) is 67.3 Å². The molecule has 27 heavy (non-hydrogen) atoms. The van der Waals surface area contributed by atoms with Gasteiger partial charge in [0.05, 0.1) is 6.04 Å². The van der Waals surface area contributed by atoms with E-state index in [0.29, 0.717) is 31.0 Å². The van der Waals surface area contributed by atoms with E-state index in [-0.39, 0.29) is 23.7 Å². The number of amides is 2.